The highest BCUT2D eigenvalue weighted by Crippen LogP contribution is 2.52. The lowest BCUT2D eigenvalue weighted by atomic mass is 9.57. The molecule has 2 N–H and O–H groups in total. The predicted octanol–water partition coefficient (Wildman–Crippen LogP) is 2.54. The van der Waals surface area contributed by atoms with Gasteiger partial charge in [0.2, 0.25) is 0 Å². The summed E-state index contributed by atoms with van der Waals surface area (Å²) < 4.78 is 0. The lowest BCUT2D eigenvalue weighted by Gasteiger charge is -2.49. The van der Waals surface area contributed by atoms with Crippen molar-refractivity contribution in [2.75, 3.05) is 0 Å². The van der Waals surface area contributed by atoms with E-state index in [2.05, 4.69) is 20.1 Å². The number of aliphatic hydroxyl groups is 1. The van der Waals surface area contributed by atoms with Crippen LogP contribution in [-0.4, -0.2) is 22.3 Å². The minimum absolute atomic E-state index is 0.00368. The van der Waals surface area contributed by atoms with Crippen LogP contribution in [-0.2, 0) is 4.79 Å². The van der Waals surface area contributed by atoms with Crippen molar-refractivity contribution in [3.05, 3.63) is 36.5 Å². The second-order valence-electron chi connectivity index (χ2n) is 5.74. The van der Waals surface area contributed by atoms with E-state index in [4.69, 9.17) is 5.11 Å². The number of hydrogen-bond donors (Lipinski definition) is 2. The molecule has 0 spiro atoms. The van der Waals surface area contributed by atoms with Crippen molar-refractivity contribution >= 4 is 5.97 Å². The van der Waals surface area contributed by atoms with Gasteiger partial charge in [-0.2, -0.15) is 0 Å². The van der Waals surface area contributed by atoms with Crippen molar-refractivity contribution in [2.24, 2.45) is 17.3 Å². The van der Waals surface area contributed by atoms with Gasteiger partial charge < -0.3 is 10.2 Å². The van der Waals surface area contributed by atoms with Crippen LogP contribution in [0, 0.1) is 17.3 Å². The number of hydrogen-bond acceptors (Lipinski definition) is 2. The molecule has 1 fully saturated rings. The molecule has 1 saturated carbocycles. The fraction of sp³-hybridized carbons (Fsp3) is 0.533. The zero-order valence-corrected chi connectivity index (χ0v) is 10.7. The fourth-order valence-electron chi connectivity index (χ4n) is 3.30. The minimum Gasteiger partial charge on any atom is -0.478 e. The quantitative estimate of drug-likeness (QED) is 0.738. The van der Waals surface area contributed by atoms with Gasteiger partial charge in [0.05, 0.1) is 6.10 Å². The van der Waals surface area contributed by atoms with Crippen LogP contribution < -0.4 is 0 Å². The van der Waals surface area contributed by atoms with Gasteiger partial charge >= 0.3 is 5.97 Å². The molecule has 2 rings (SSSR count). The Kier molecular flexibility index (Phi) is 3.20. The number of allylic oxidation sites excluding steroid dienone is 2. The molecule has 2 aliphatic rings. The van der Waals surface area contributed by atoms with E-state index in [1.54, 1.807) is 6.08 Å². The molecule has 0 saturated heterocycles. The third-order valence-electron chi connectivity index (χ3n) is 4.73. The molecule has 0 aromatic rings. The van der Waals surface area contributed by atoms with Crippen molar-refractivity contribution < 1.29 is 15.0 Å². The first-order valence-electron chi connectivity index (χ1n) is 6.33. The number of fused-ring (bicyclic) bond motifs is 1. The Hall–Kier alpha value is -1.35. The van der Waals surface area contributed by atoms with Gasteiger partial charge in [-0.3, -0.25) is 0 Å². The fourth-order valence-corrected chi connectivity index (χ4v) is 3.30. The number of carboxylic acids is 1. The first kappa shape index (κ1) is 13.1. The van der Waals surface area contributed by atoms with Crippen LogP contribution in [0.3, 0.4) is 0 Å². The van der Waals surface area contributed by atoms with Crippen LogP contribution in [0.2, 0.25) is 0 Å². The third-order valence-corrected chi connectivity index (χ3v) is 4.73. The normalized spacial score (nSPS) is 39.2. The summed E-state index contributed by atoms with van der Waals surface area (Å²) in [4.78, 5) is 11.0. The number of carbonyl (C=O) groups is 1. The molecular weight excluding hydrogens is 228 g/mol. The summed E-state index contributed by atoms with van der Waals surface area (Å²) in [6.45, 7) is 9.78. The van der Waals surface area contributed by atoms with Gasteiger partial charge in [0, 0.05) is 11.0 Å². The van der Waals surface area contributed by atoms with Crippen LogP contribution in [0.5, 0.6) is 0 Å². The highest BCUT2D eigenvalue weighted by molar-refractivity contribution is 5.86. The third kappa shape index (κ3) is 1.93. The number of carboxylic acid groups (broad SMARTS) is 1. The molecule has 3 nitrogen and oxygen atoms in total. The minimum atomic E-state index is -0.916. The molecule has 4 unspecified atom stereocenters. The van der Waals surface area contributed by atoms with Gasteiger partial charge in [-0.25, -0.2) is 4.79 Å². The van der Waals surface area contributed by atoms with Gasteiger partial charge in [-0.05, 0) is 31.1 Å². The van der Waals surface area contributed by atoms with Crippen molar-refractivity contribution in [3.63, 3.8) is 0 Å². The molecule has 98 valence electrons. The van der Waals surface area contributed by atoms with Crippen molar-refractivity contribution in [1.29, 1.82) is 0 Å². The maximum atomic E-state index is 11.0. The molecule has 4 atom stereocenters. The first-order chi connectivity index (χ1) is 8.36. The Morgan fingerprint density at radius 3 is 2.83 bits per heavy atom. The summed E-state index contributed by atoms with van der Waals surface area (Å²) in [5, 5.41) is 19.2. The summed E-state index contributed by atoms with van der Waals surface area (Å²) >= 11 is 0. The maximum Gasteiger partial charge on any atom is 0.331 e. The Labute approximate surface area is 108 Å². The second-order valence-corrected chi connectivity index (χ2v) is 5.74. The average Bonchev–Trinajstić information content (AvgIpc) is 2.33. The smallest absolute Gasteiger partial charge is 0.331 e. The lowest BCUT2D eigenvalue weighted by Crippen LogP contribution is -2.45. The topological polar surface area (TPSA) is 57.5 Å². The van der Waals surface area contributed by atoms with Crippen molar-refractivity contribution in [1.82, 2.24) is 0 Å². The van der Waals surface area contributed by atoms with Crippen LogP contribution in [0.1, 0.15) is 26.2 Å². The summed E-state index contributed by atoms with van der Waals surface area (Å²) in [5.41, 5.74) is 1.07. The van der Waals surface area contributed by atoms with Gasteiger partial charge in [0.1, 0.15) is 0 Å². The summed E-state index contributed by atoms with van der Waals surface area (Å²) in [5.74, 6) is -0.774. The summed E-state index contributed by atoms with van der Waals surface area (Å²) in [6.07, 6.45) is 5.50. The van der Waals surface area contributed by atoms with E-state index in [1.807, 2.05) is 6.08 Å². The van der Waals surface area contributed by atoms with E-state index < -0.39 is 12.1 Å². The standard InChI is InChI=1S/C15H20O3/c1-9-4-5-13(16)15(3)7-6-11(8-12(9)15)10(2)14(17)18/h4-5,11-13,16H,1-2,6-8H2,3H3,(H,17,18). The Bertz CT molecular complexity index is 435. The number of rotatable bonds is 2. The largest absolute Gasteiger partial charge is 0.478 e. The zero-order chi connectivity index (χ0) is 13.5. The molecular formula is C15H20O3. The van der Waals surface area contributed by atoms with E-state index >= 15 is 0 Å². The summed E-state index contributed by atoms with van der Waals surface area (Å²) in [6, 6.07) is 0. The van der Waals surface area contributed by atoms with Crippen LogP contribution in [0.15, 0.2) is 36.5 Å². The van der Waals surface area contributed by atoms with Gasteiger partial charge in [-0.1, -0.05) is 37.8 Å². The molecule has 0 aromatic heterocycles. The molecule has 0 aliphatic heterocycles. The molecule has 2 aliphatic carbocycles. The maximum absolute atomic E-state index is 11.0. The molecule has 0 amide bonds. The van der Waals surface area contributed by atoms with Crippen molar-refractivity contribution in [3.8, 4) is 0 Å². The summed E-state index contributed by atoms with van der Waals surface area (Å²) in [7, 11) is 0. The van der Waals surface area contributed by atoms with Crippen LogP contribution in [0.25, 0.3) is 0 Å². The molecule has 0 aromatic carbocycles. The van der Waals surface area contributed by atoms with E-state index in [-0.39, 0.29) is 22.8 Å². The Balaban J connectivity index is 2.23. The molecule has 3 heteroatoms. The Morgan fingerprint density at radius 2 is 2.22 bits per heavy atom. The predicted molar refractivity (Wildman–Crippen MR) is 70.0 cm³/mol. The average molecular weight is 248 g/mol. The number of aliphatic hydroxyl groups excluding tert-OH is 1. The van der Waals surface area contributed by atoms with Crippen LogP contribution >= 0.6 is 0 Å². The SMILES string of the molecule is C=C(C(=O)O)C1CCC2(C)C(O)C=CC(=C)C2C1. The highest BCUT2D eigenvalue weighted by atomic mass is 16.4. The lowest BCUT2D eigenvalue weighted by molar-refractivity contribution is -0.133. The molecule has 18 heavy (non-hydrogen) atoms. The van der Waals surface area contributed by atoms with Crippen LogP contribution in [0.4, 0.5) is 0 Å². The molecule has 0 radical (unpaired) electrons. The monoisotopic (exact) mass is 248 g/mol. The van der Waals surface area contributed by atoms with E-state index in [9.17, 15) is 9.90 Å². The highest BCUT2D eigenvalue weighted by Gasteiger charge is 2.47. The zero-order valence-electron chi connectivity index (χ0n) is 10.7. The molecule has 0 bridgehead atoms. The van der Waals surface area contributed by atoms with Gasteiger partial charge in [0.25, 0.3) is 0 Å². The Morgan fingerprint density at radius 1 is 1.56 bits per heavy atom. The number of aliphatic carboxylic acids is 1. The van der Waals surface area contributed by atoms with Gasteiger partial charge in [0.15, 0.2) is 0 Å². The second kappa shape index (κ2) is 4.39. The van der Waals surface area contributed by atoms with E-state index in [0.29, 0.717) is 0 Å². The van der Waals surface area contributed by atoms with Gasteiger partial charge in [-0.15, -0.1) is 0 Å². The van der Waals surface area contributed by atoms with E-state index in [1.165, 1.54) is 0 Å². The van der Waals surface area contributed by atoms with E-state index in [0.717, 1.165) is 24.8 Å². The molecule has 0 heterocycles. The van der Waals surface area contributed by atoms with Crippen molar-refractivity contribution in [2.45, 2.75) is 32.3 Å². The first-order valence-corrected chi connectivity index (χ1v) is 6.33.